The van der Waals surface area contributed by atoms with Gasteiger partial charge in [-0.25, -0.2) is 4.98 Å². The number of rotatable bonds is 2. The zero-order valence-electron chi connectivity index (χ0n) is 10.8. The van der Waals surface area contributed by atoms with Crippen LogP contribution in [0.4, 0.5) is 0 Å². The first-order valence-corrected chi connectivity index (χ1v) is 7.02. The van der Waals surface area contributed by atoms with E-state index in [2.05, 4.69) is 15.3 Å². The molecule has 3 heterocycles. The van der Waals surface area contributed by atoms with Crippen LogP contribution in [0.5, 0.6) is 0 Å². The highest BCUT2D eigenvalue weighted by atomic mass is 35.5. The standard InChI is InChI=1S/C13H14N4OS.ClH/c18-13(17-7-5-15-6-8-17)11-9-16-12(19-11)10-1-3-14-4-2-10;/h1-4,9,15H,5-8H2;1H. The van der Waals surface area contributed by atoms with Gasteiger partial charge in [0.05, 0.1) is 6.20 Å². The summed E-state index contributed by atoms with van der Waals surface area (Å²) in [5.41, 5.74) is 0.999. The van der Waals surface area contributed by atoms with Gasteiger partial charge < -0.3 is 10.2 Å². The lowest BCUT2D eigenvalue weighted by Gasteiger charge is -2.26. The normalized spacial score (nSPS) is 14.7. The van der Waals surface area contributed by atoms with Gasteiger partial charge in [-0.05, 0) is 12.1 Å². The van der Waals surface area contributed by atoms with Gasteiger partial charge >= 0.3 is 0 Å². The molecule has 3 rings (SSSR count). The minimum Gasteiger partial charge on any atom is -0.335 e. The fourth-order valence-electron chi connectivity index (χ4n) is 2.02. The highest BCUT2D eigenvalue weighted by Gasteiger charge is 2.20. The van der Waals surface area contributed by atoms with Crippen LogP contribution >= 0.6 is 23.7 Å². The van der Waals surface area contributed by atoms with Gasteiger partial charge in [0.15, 0.2) is 0 Å². The molecular formula is C13H15ClN4OS. The number of hydrogen-bond acceptors (Lipinski definition) is 5. The molecule has 5 nitrogen and oxygen atoms in total. The van der Waals surface area contributed by atoms with E-state index in [0.717, 1.165) is 36.8 Å². The highest BCUT2D eigenvalue weighted by molar-refractivity contribution is 7.16. The summed E-state index contributed by atoms with van der Waals surface area (Å²) in [7, 11) is 0. The molecule has 1 amide bonds. The van der Waals surface area contributed by atoms with Crippen molar-refractivity contribution < 1.29 is 4.79 Å². The fraction of sp³-hybridized carbons (Fsp3) is 0.308. The summed E-state index contributed by atoms with van der Waals surface area (Å²) in [5.74, 6) is 0.0827. The maximum absolute atomic E-state index is 12.3. The van der Waals surface area contributed by atoms with Crippen molar-refractivity contribution in [3.63, 3.8) is 0 Å². The molecule has 0 radical (unpaired) electrons. The molecule has 2 aromatic heterocycles. The van der Waals surface area contributed by atoms with Crippen molar-refractivity contribution in [2.45, 2.75) is 0 Å². The number of thiazole rings is 1. The van der Waals surface area contributed by atoms with Crippen molar-refractivity contribution in [1.82, 2.24) is 20.2 Å². The number of nitrogens with one attached hydrogen (secondary N) is 1. The summed E-state index contributed by atoms with van der Waals surface area (Å²) in [6.07, 6.45) is 5.13. The minimum atomic E-state index is 0. The molecular weight excluding hydrogens is 296 g/mol. The lowest BCUT2D eigenvalue weighted by molar-refractivity contribution is 0.0740. The lowest BCUT2D eigenvalue weighted by atomic mass is 10.3. The van der Waals surface area contributed by atoms with Gasteiger partial charge in [-0.3, -0.25) is 9.78 Å². The van der Waals surface area contributed by atoms with Crippen molar-refractivity contribution in [1.29, 1.82) is 0 Å². The van der Waals surface area contributed by atoms with E-state index in [1.54, 1.807) is 18.6 Å². The monoisotopic (exact) mass is 310 g/mol. The molecule has 0 saturated carbocycles. The summed E-state index contributed by atoms with van der Waals surface area (Å²) in [6, 6.07) is 3.80. The summed E-state index contributed by atoms with van der Waals surface area (Å²) in [5, 5.41) is 4.10. The largest absolute Gasteiger partial charge is 0.335 e. The maximum atomic E-state index is 12.3. The first kappa shape index (κ1) is 14.9. The summed E-state index contributed by atoms with van der Waals surface area (Å²) in [6.45, 7) is 3.26. The van der Waals surface area contributed by atoms with Gasteiger partial charge in [-0.15, -0.1) is 23.7 Å². The number of nitrogens with zero attached hydrogens (tertiary/aromatic N) is 3. The molecule has 1 saturated heterocycles. The topological polar surface area (TPSA) is 58.1 Å². The Bertz CT molecular complexity index is 569. The Morgan fingerprint density at radius 3 is 2.65 bits per heavy atom. The van der Waals surface area contributed by atoms with Gasteiger partial charge in [0.2, 0.25) is 0 Å². The third-order valence-corrected chi connectivity index (χ3v) is 4.08. The molecule has 0 aliphatic carbocycles. The van der Waals surface area contributed by atoms with E-state index >= 15 is 0 Å². The second kappa shape index (κ2) is 6.78. The third kappa shape index (κ3) is 3.15. The molecule has 0 unspecified atom stereocenters. The predicted octanol–water partition coefficient (Wildman–Crippen LogP) is 1.67. The van der Waals surface area contributed by atoms with Gasteiger partial charge in [0.25, 0.3) is 5.91 Å². The van der Waals surface area contributed by atoms with Crippen LogP contribution in [-0.4, -0.2) is 47.0 Å². The first-order chi connectivity index (χ1) is 9.34. The van der Waals surface area contributed by atoms with E-state index in [1.807, 2.05) is 17.0 Å². The Morgan fingerprint density at radius 1 is 1.25 bits per heavy atom. The van der Waals surface area contributed by atoms with E-state index < -0.39 is 0 Å². The van der Waals surface area contributed by atoms with Crippen molar-refractivity contribution in [3.8, 4) is 10.6 Å². The van der Waals surface area contributed by atoms with E-state index in [-0.39, 0.29) is 18.3 Å². The van der Waals surface area contributed by atoms with Gasteiger partial charge in [-0.1, -0.05) is 0 Å². The van der Waals surface area contributed by atoms with Crippen LogP contribution < -0.4 is 5.32 Å². The van der Waals surface area contributed by atoms with Crippen molar-refractivity contribution in [3.05, 3.63) is 35.6 Å². The van der Waals surface area contributed by atoms with Crippen LogP contribution in [0.1, 0.15) is 9.67 Å². The van der Waals surface area contributed by atoms with Crippen LogP contribution in [0.2, 0.25) is 0 Å². The number of halogens is 1. The number of piperazine rings is 1. The predicted molar refractivity (Wildman–Crippen MR) is 81.4 cm³/mol. The number of carbonyl (C=O) groups excluding carboxylic acids is 1. The molecule has 1 fully saturated rings. The van der Waals surface area contributed by atoms with E-state index in [1.165, 1.54) is 11.3 Å². The number of amides is 1. The Balaban J connectivity index is 0.00000147. The molecule has 0 spiro atoms. The summed E-state index contributed by atoms with van der Waals surface area (Å²) < 4.78 is 0. The van der Waals surface area contributed by atoms with Gasteiger partial charge in [0, 0.05) is 44.1 Å². The van der Waals surface area contributed by atoms with E-state index in [9.17, 15) is 4.79 Å². The second-order valence-electron chi connectivity index (χ2n) is 4.31. The first-order valence-electron chi connectivity index (χ1n) is 6.21. The van der Waals surface area contributed by atoms with Gasteiger partial charge in [0.1, 0.15) is 9.88 Å². The number of pyridine rings is 1. The van der Waals surface area contributed by atoms with Crippen LogP contribution in [-0.2, 0) is 0 Å². The van der Waals surface area contributed by atoms with Crippen LogP contribution in [0, 0.1) is 0 Å². The molecule has 1 aliphatic heterocycles. The lowest BCUT2D eigenvalue weighted by Crippen LogP contribution is -2.46. The average molecular weight is 311 g/mol. The molecule has 0 aromatic carbocycles. The van der Waals surface area contributed by atoms with Crippen molar-refractivity contribution >= 4 is 29.7 Å². The number of carbonyl (C=O) groups is 1. The number of hydrogen-bond donors (Lipinski definition) is 1. The van der Waals surface area contributed by atoms with Crippen molar-refractivity contribution in [2.75, 3.05) is 26.2 Å². The molecule has 20 heavy (non-hydrogen) atoms. The quantitative estimate of drug-likeness (QED) is 0.917. The Morgan fingerprint density at radius 2 is 1.95 bits per heavy atom. The number of aromatic nitrogens is 2. The maximum Gasteiger partial charge on any atom is 0.265 e. The molecule has 2 aromatic rings. The molecule has 0 atom stereocenters. The third-order valence-electron chi connectivity index (χ3n) is 3.05. The smallest absolute Gasteiger partial charge is 0.265 e. The molecule has 106 valence electrons. The van der Waals surface area contributed by atoms with E-state index in [4.69, 9.17) is 0 Å². The fourth-order valence-corrected chi connectivity index (χ4v) is 2.91. The molecule has 0 bridgehead atoms. The highest BCUT2D eigenvalue weighted by Crippen LogP contribution is 2.25. The van der Waals surface area contributed by atoms with Crippen LogP contribution in [0.25, 0.3) is 10.6 Å². The molecule has 7 heteroatoms. The van der Waals surface area contributed by atoms with E-state index in [0.29, 0.717) is 4.88 Å². The SMILES string of the molecule is Cl.O=C(c1cnc(-c2ccncc2)s1)N1CCNCC1. The minimum absolute atomic E-state index is 0. The Kier molecular flexibility index (Phi) is 5.05. The van der Waals surface area contributed by atoms with Gasteiger partial charge in [-0.2, -0.15) is 0 Å². The zero-order valence-corrected chi connectivity index (χ0v) is 12.4. The second-order valence-corrected chi connectivity index (χ2v) is 5.34. The van der Waals surface area contributed by atoms with Crippen molar-refractivity contribution in [2.24, 2.45) is 0 Å². The summed E-state index contributed by atoms with van der Waals surface area (Å²) in [4.78, 5) is 23.2. The Hall–Kier alpha value is -1.50. The molecule has 1 aliphatic rings. The summed E-state index contributed by atoms with van der Waals surface area (Å²) >= 11 is 1.44. The van der Waals surface area contributed by atoms with Crippen LogP contribution in [0.3, 0.4) is 0 Å². The zero-order chi connectivity index (χ0) is 13.1. The Labute approximate surface area is 127 Å². The van der Waals surface area contributed by atoms with Crippen LogP contribution in [0.15, 0.2) is 30.7 Å². The average Bonchev–Trinajstić information content (AvgIpc) is 2.98. The molecule has 1 N–H and O–H groups in total.